The Bertz CT molecular complexity index is 733. The predicted molar refractivity (Wildman–Crippen MR) is 71.9 cm³/mol. The minimum Gasteiger partial charge on any atom is -0.369 e. The van der Waals surface area contributed by atoms with E-state index in [-0.39, 0.29) is 0 Å². The summed E-state index contributed by atoms with van der Waals surface area (Å²) >= 11 is 6.00. The minimum absolute atomic E-state index is 0.452. The predicted octanol–water partition coefficient (Wildman–Crippen LogP) is 2.21. The molecule has 0 radical (unpaired) electrons. The highest BCUT2D eigenvalue weighted by atomic mass is 35.5. The van der Waals surface area contributed by atoms with Gasteiger partial charge in [-0.25, -0.2) is 4.98 Å². The molecule has 2 N–H and O–H groups in total. The van der Waals surface area contributed by atoms with Crippen LogP contribution in [0.4, 0.5) is 5.95 Å². The summed E-state index contributed by atoms with van der Waals surface area (Å²) in [6.45, 7) is 2.40. The van der Waals surface area contributed by atoms with Crippen molar-refractivity contribution in [1.82, 2.24) is 19.7 Å². The van der Waals surface area contributed by atoms with Crippen LogP contribution in [0.5, 0.6) is 0 Å². The largest absolute Gasteiger partial charge is 0.369 e. The molecule has 0 bridgehead atoms. The number of aryl methyl sites for hydroxylation is 3. The fourth-order valence-corrected chi connectivity index (χ4v) is 2.16. The molecule has 6 nitrogen and oxygen atoms in total. The van der Waals surface area contributed by atoms with Crippen molar-refractivity contribution in [1.29, 1.82) is 0 Å². The van der Waals surface area contributed by atoms with Gasteiger partial charge >= 0.3 is 0 Å². The SMILES string of the molecule is Cc1noc(CCn2c(N)nc3ccc(Cl)cc32)n1. The third kappa shape index (κ3) is 2.26. The van der Waals surface area contributed by atoms with E-state index in [1.807, 2.05) is 16.7 Å². The van der Waals surface area contributed by atoms with Gasteiger partial charge in [-0.05, 0) is 25.1 Å². The zero-order valence-corrected chi connectivity index (χ0v) is 11.1. The van der Waals surface area contributed by atoms with Gasteiger partial charge in [0, 0.05) is 18.0 Å². The molecule has 2 aromatic heterocycles. The molecule has 0 atom stereocenters. The van der Waals surface area contributed by atoms with Crippen LogP contribution in [0.1, 0.15) is 11.7 Å². The summed E-state index contributed by atoms with van der Waals surface area (Å²) in [7, 11) is 0. The number of fused-ring (bicyclic) bond motifs is 1. The fraction of sp³-hybridized carbons (Fsp3) is 0.250. The van der Waals surface area contributed by atoms with E-state index in [4.69, 9.17) is 21.9 Å². The Morgan fingerprint density at radius 1 is 1.37 bits per heavy atom. The molecule has 0 amide bonds. The van der Waals surface area contributed by atoms with Crippen molar-refractivity contribution in [2.45, 2.75) is 19.9 Å². The number of halogens is 1. The average Bonchev–Trinajstić information content (AvgIpc) is 2.90. The van der Waals surface area contributed by atoms with E-state index in [1.165, 1.54) is 0 Å². The second kappa shape index (κ2) is 4.55. The maximum atomic E-state index is 6.00. The van der Waals surface area contributed by atoms with Gasteiger partial charge in [0.05, 0.1) is 11.0 Å². The normalized spacial score (nSPS) is 11.3. The van der Waals surface area contributed by atoms with Crippen molar-refractivity contribution in [3.8, 4) is 0 Å². The van der Waals surface area contributed by atoms with Crippen LogP contribution < -0.4 is 5.73 Å². The standard InChI is InChI=1S/C12H12ClN5O/c1-7-15-11(19-17-7)4-5-18-10-6-8(13)2-3-9(10)16-12(18)14/h2-3,6H,4-5H2,1H3,(H2,14,16). The molecule has 2 heterocycles. The highest BCUT2D eigenvalue weighted by Gasteiger charge is 2.10. The molecular weight excluding hydrogens is 266 g/mol. The summed E-state index contributed by atoms with van der Waals surface area (Å²) in [4.78, 5) is 8.45. The number of hydrogen-bond acceptors (Lipinski definition) is 5. The zero-order valence-electron chi connectivity index (χ0n) is 10.3. The van der Waals surface area contributed by atoms with Crippen LogP contribution in [0.15, 0.2) is 22.7 Å². The first kappa shape index (κ1) is 12.0. The van der Waals surface area contributed by atoms with E-state index in [0.29, 0.717) is 35.7 Å². The summed E-state index contributed by atoms with van der Waals surface area (Å²) in [5.74, 6) is 1.66. The molecule has 0 saturated heterocycles. The first-order chi connectivity index (χ1) is 9.13. The number of rotatable bonds is 3. The van der Waals surface area contributed by atoms with Gasteiger partial charge in [0.15, 0.2) is 5.82 Å². The number of anilines is 1. The smallest absolute Gasteiger partial charge is 0.228 e. The van der Waals surface area contributed by atoms with E-state index in [0.717, 1.165) is 11.0 Å². The average molecular weight is 278 g/mol. The molecule has 3 rings (SSSR count). The summed E-state index contributed by atoms with van der Waals surface area (Å²) in [6.07, 6.45) is 0.600. The summed E-state index contributed by atoms with van der Waals surface area (Å²) in [5.41, 5.74) is 7.64. The second-order valence-corrected chi connectivity index (χ2v) is 4.68. The van der Waals surface area contributed by atoms with E-state index >= 15 is 0 Å². The Balaban J connectivity index is 1.91. The van der Waals surface area contributed by atoms with E-state index < -0.39 is 0 Å². The highest BCUT2D eigenvalue weighted by Crippen LogP contribution is 2.22. The quantitative estimate of drug-likeness (QED) is 0.793. The first-order valence-electron chi connectivity index (χ1n) is 5.84. The Morgan fingerprint density at radius 3 is 2.95 bits per heavy atom. The molecule has 0 aliphatic rings. The fourth-order valence-electron chi connectivity index (χ4n) is 2.00. The van der Waals surface area contributed by atoms with E-state index in [9.17, 15) is 0 Å². The Morgan fingerprint density at radius 2 is 2.21 bits per heavy atom. The van der Waals surface area contributed by atoms with Crippen molar-refractivity contribution >= 4 is 28.6 Å². The molecule has 7 heteroatoms. The molecule has 0 fully saturated rings. The zero-order chi connectivity index (χ0) is 13.4. The lowest BCUT2D eigenvalue weighted by molar-refractivity contribution is 0.369. The minimum atomic E-state index is 0.452. The maximum absolute atomic E-state index is 6.00. The molecule has 98 valence electrons. The number of hydrogen-bond donors (Lipinski definition) is 1. The van der Waals surface area contributed by atoms with Gasteiger partial charge in [-0.2, -0.15) is 4.98 Å². The Hall–Kier alpha value is -2.08. The first-order valence-corrected chi connectivity index (χ1v) is 6.22. The number of nitrogens with zero attached hydrogens (tertiary/aromatic N) is 4. The third-order valence-electron chi connectivity index (χ3n) is 2.86. The van der Waals surface area contributed by atoms with Crippen molar-refractivity contribution in [3.05, 3.63) is 34.9 Å². The van der Waals surface area contributed by atoms with Gasteiger partial charge in [0.2, 0.25) is 11.8 Å². The van der Waals surface area contributed by atoms with Crippen molar-refractivity contribution in [2.75, 3.05) is 5.73 Å². The van der Waals surface area contributed by atoms with Crippen molar-refractivity contribution in [3.63, 3.8) is 0 Å². The van der Waals surface area contributed by atoms with Gasteiger partial charge in [-0.15, -0.1) is 0 Å². The topological polar surface area (TPSA) is 82.8 Å². The van der Waals surface area contributed by atoms with Crippen LogP contribution >= 0.6 is 11.6 Å². The Labute approximate surface area is 114 Å². The van der Waals surface area contributed by atoms with Gasteiger partial charge in [0.1, 0.15) is 0 Å². The van der Waals surface area contributed by atoms with Crippen LogP contribution in [0.25, 0.3) is 11.0 Å². The molecule has 0 saturated carbocycles. The van der Waals surface area contributed by atoms with Crippen LogP contribution in [-0.4, -0.2) is 19.7 Å². The maximum Gasteiger partial charge on any atom is 0.228 e. The number of aromatic nitrogens is 4. The van der Waals surface area contributed by atoms with Gasteiger partial charge < -0.3 is 14.8 Å². The summed E-state index contributed by atoms with van der Waals surface area (Å²) in [5, 5.41) is 4.41. The number of benzene rings is 1. The lowest BCUT2D eigenvalue weighted by Gasteiger charge is -2.04. The van der Waals surface area contributed by atoms with Gasteiger partial charge in [0.25, 0.3) is 0 Å². The molecular formula is C12H12ClN5O. The molecule has 0 aliphatic heterocycles. The van der Waals surface area contributed by atoms with Crippen LogP contribution in [0, 0.1) is 6.92 Å². The highest BCUT2D eigenvalue weighted by molar-refractivity contribution is 6.31. The molecule has 19 heavy (non-hydrogen) atoms. The summed E-state index contributed by atoms with van der Waals surface area (Å²) in [6, 6.07) is 5.49. The second-order valence-electron chi connectivity index (χ2n) is 4.24. The monoisotopic (exact) mass is 277 g/mol. The summed E-state index contributed by atoms with van der Waals surface area (Å²) < 4.78 is 6.97. The van der Waals surface area contributed by atoms with Crippen LogP contribution in [0.2, 0.25) is 5.02 Å². The van der Waals surface area contributed by atoms with E-state index in [1.54, 1.807) is 13.0 Å². The number of nitrogens with two attached hydrogens (primary N) is 1. The Kier molecular flexibility index (Phi) is 2.87. The lowest BCUT2D eigenvalue weighted by Crippen LogP contribution is -2.05. The van der Waals surface area contributed by atoms with Crippen molar-refractivity contribution in [2.24, 2.45) is 0 Å². The van der Waals surface area contributed by atoms with Gasteiger partial charge in [-0.1, -0.05) is 16.8 Å². The van der Waals surface area contributed by atoms with Crippen LogP contribution in [-0.2, 0) is 13.0 Å². The van der Waals surface area contributed by atoms with Crippen molar-refractivity contribution < 1.29 is 4.52 Å². The molecule has 1 aromatic carbocycles. The number of nitrogen functional groups attached to an aromatic ring is 1. The molecule has 3 aromatic rings. The van der Waals surface area contributed by atoms with Gasteiger partial charge in [-0.3, -0.25) is 0 Å². The number of imidazole rings is 1. The van der Waals surface area contributed by atoms with E-state index in [2.05, 4.69) is 15.1 Å². The third-order valence-corrected chi connectivity index (χ3v) is 3.09. The molecule has 0 spiro atoms. The molecule has 0 aliphatic carbocycles. The lowest BCUT2D eigenvalue weighted by atomic mass is 10.3. The van der Waals surface area contributed by atoms with Crippen LogP contribution in [0.3, 0.4) is 0 Å². The molecule has 0 unspecified atom stereocenters.